The van der Waals surface area contributed by atoms with E-state index in [9.17, 15) is 14.4 Å². The molecule has 1 aromatic carbocycles. The van der Waals surface area contributed by atoms with Crippen LogP contribution in [-0.4, -0.2) is 41.9 Å². The zero-order valence-corrected chi connectivity index (χ0v) is 15.3. The monoisotopic (exact) mass is 361 g/mol. The van der Waals surface area contributed by atoms with Crippen molar-refractivity contribution in [3.8, 4) is 0 Å². The van der Waals surface area contributed by atoms with E-state index in [2.05, 4.69) is 0 Å². The lowest BCUT2D eigenvalue weighted by Crippen LogP contribution is -2.40. The van der Waals surface area contributed by atoms with Crippen molar-refractivity contribution in [2.75, 3.05) is 13.2 Å². The summed E-state index contributed by atoms with van der Waals surface area (Å²) in [5.74, 6) is -0.463. The van der Waals surface area contributed by atoms with Crippen LogP contribution in [0, 0.1) is 0 Å². The Morgan fingerprint density at radius 3 is 2.62 bits per heavy atom. The molecule has 0 unspecified atom stereocenters. The number of esters is 1. The van der Waals surface area contributed by atoms with Gasteiger partial charge in [0.2, 0.25) is 0 Å². The van der Waals surface area contributed by atoms with E-state index < -0.39 is 12.1 Å². The summed E-state index contributed by atoms with van der Waals surface area (Å²) in [7, 11) is 0. The van der Waals surface area contributed by atoms with Gasteiger partial charge in [-0.05, 0) is 24.8 Å². The van der Waals surface area contributed by atoms with Crippen molar-refractivity contribution in [3.63, 3.8) is 0 Å². The Morgan fingerprint density at radius 2 is 1.88 bits per heavy atom. The highest BCUT2D eigenvalue weighted by Gasteiger charge is 2.34. The van der Waals surface area contributed by atoms with Crippen LogP contribution in [-0.2, 0) is 25.7 Å². The van der Waals surface area contributed by atoms with Crippen LogP contribution in [0.4, 0.5) is 4.79 Å². The fourth-order valence-electron chi connectivity index (χ4n) is 2.92. The van der Waals surface area contributed by atoms with Gasteiger partial charge < -0.3 is 9.47 Å². The fourth-order valence-corrected chi connectivity index (χ4v) is 2.92. The van der Waals surface area contributed by atoms with Gasteiger partial charge in [0, 0.05) is 13.0 Å². The van der Waals surface area contributed by atoms with Crippen LogP contribution in [0.1, 0.15) is 51.0 Å². The van der Waals surface area contributed by atoms with E-state index in [0.29, 0.717) is 19.6 Å². The van der Waals surface area contributed by atoms with Crippen molar-refractivity contribution in [2.45, 2.75) is 58.1 Å². The first kappa shape index (κ1) is 19.9. The van der Waals surface area contributed by atoms with E-state index in [1.807, 2.05) is 37.3 Å². The molecule has 0 spiro atoms. The Hall–Kier alpha value is -2.37. The SMILES string of the molecule is CCCCOC(=O)CCC(=O)[C@@H]1CCCN1C(=O)OCc1ccccc1. The third-order valence-corrected chi connectivity index (χ3v) is 4.40. The summed E-state index contributed by atoms with van der Waals surface area (Å²) in [5, 5.41) is 0. The Kier molecular flexibility index (Phi) is 8.12. The lowest BCUT2D eigenvalue weighted by molar-refractivity contribution is -0.145. The number of hydrogen-bond acceptors (Lipinski definition) is 5. The average Bonchev–Trinajstić information content (AvgIpc) is 3.15. The van der Waals surface area contributed by atoms with E-state index in [1.54, 1.807) is 0 Å². The maximum Gasteiger partial charge on any atom is 0.410 e. The highest BCUT2D eigenvalue weighted by Crippen LogP contribution is 2.21. The van der Waals surface area contributed by atoms with Gasteiger partial charge in [-0.15, -0.1) is 0 Å². The van der Waals surface area contributed by atoms with Gasteiger partial charge in [-0.2, -0.15) is 0 Å². The van der Waals surface area contributed by atoms with Crippen molar-refractivity contribution in [1.29, 1.82) is 0 Å². The molecule has 0 saturated carbocycles. The third-order valence-electron chi connectivity index (χ3n) is 4.40. The molecule has 142 valence electrons. The Labute approximate surface area is 154 Å². The molecule has 0 bridgehead atoms. The minimum absolute atomic E-state index is 0.0615. The number of carbonyl (C=O) groups is 3. The largest absolute Gasteiger partial charge is 0.466 e. The van der Waals surface area contributed by atoms with E-state index in [4.69, 9.17) is 9.47 Å². The molecule has 1 atom stereocenters. The summed E-state index contributed by atoms with van der Waals surface area (Å²) >= 11 is 0. The zero-order valence-electron chi connectivity index (χ0n) is 15.3. The number of Topliss-reactive ketones (excluding diaryl/α,β-unsaturated/α-hetero) is 1. The Morgan fingerprint density at radius 1 is 1.12 bits per heavy atom. The summed E-state index contributed by atoms with van der Waals surface area (Å²) in [6.07, 6.45) is 2.83. The molecule has 1 saturated heterocycles. The van der Waals surface area contributed by atoms with Crippen molar-refractivity contribution in [1.82, 2.24) is 4.90 Å². The second kappa shape index (κ2) is 10.6. The number of rotatable bonds is 9. The van der Waals surface area contributed by atoms with Crippen LogP contribution in [0.15, 0.2) is 30.3 Å². The molecule has 6 heteroatoms. The number of nitrogens with zero attached hydrogens (tertiary/aromatic N) is 1. The first-order valence-corrected chi connectivity index (χ1v) is 9.27. The van der Waals surface area contributed by atoms with Gasteiger partial charge in [-0.25, -0.2) is 4.79 Å². The van der Waals surface area contributed by atoms with Crippen molar-refractivity contribution in [2.24, 2.45) is 0 Å². The molecule has 26 heavy (non-hydrogen) atoms. The van der Waals surface area contributed by atoms with Gasteiger partial charge in [0.1, 0.15) is 6.61 Å². The minimum atomic E-state index is -0.498. The van der Waals surface area contributed by atoms with E-state index in [-0.39, 0.29) is 31.2 Å². The molecule has 1 aliphatic rings. The van der Waals surface area contributed by atoms with Crippen molar-refractivity contribution < 1.29 is 23.9 Å². The summed E-state index contributed by atoms with van der Waals surface area (Å²) in [6, 6.07) is 8.92. The predicted octanol–water partition coefficient (Wildman–Crippen LogP) is 3.48. The molecule has 0 radical (unpaired) electrons. The molecular weight excluding hydrogens is 334 g/mol. The minimum Gasteiger partial charge on any atom is -0.466 e. The highest BCUT2D eigenvalue weighted by atomic mass is 16.6. The first-order valence-electron chi connectivity index (χ1n) is 9.27. The van der Waals surface area contributed by atoms with Crippen LogP contribution >= 0.6 is 0 Å². The average molecular weight is 361 g/mol. The standard InChI is InChI=1S/C20H27NO5/c1-2-3-14-25-19(23)12-11-18(22)17-10-7-13-21(17)20(24)26-15-16-8-5-4-6-9-16/h4-6,8-9,17H,2-3,7,10-15H2,1H3/t17-/m0/s1. The summed E-state index contributed by atoms with van der Waals surface area (Å²) in [4.78, 5) is 37.8. The number of benzene rings is 1. The van der Waals surface area contributed by atoms with Crippen LogP contribution in [0.25, 0.3) is 0 Å². The van der Waals surface area contributed by atoms with Crippen LogP contribution in [0.5, 0.6) is 0 Å². The molecular formula is C20H27NO5. The molecule has 1 heterocycles. The molecule has 1 aromatic rings. The molecule has 1 aliphatic heterocycles. The number of hydrogen-bond donors (Lipinski definition) is 0. The molecule has 0 N–H and O–H groups in total. The van der Waals surface area contributed by atoms with Crippen LogP contribution in [0.3, 0.4) is 0 Å². The zero-order chi connectivity index (χ0) is 18.8. The van der Waals surface area contributed by atoms with Crippen LogP contribution in [0.2, 0.25) is 0 Å². The van der Waals surface area contributed by atoms with Gasteiger partial charge in [0.15, 0.2) is 5.78 Å². The maximum atomic E-state index is 12.4. The van der Waals surface area contributed by atoms with Gasteiger partial charge in [0.05, 0.1) is 19.1 Å². The summed E-state index contributed by atoms with van der Waals surface area (Å²) in [6.45, 7) is 3.10. The molecule has 2 rings (SSSR count). The van der Waals surface area contributed by atoms with Gasteiger partial charge in [0.25, 0.3) is 0 Å². The van der Waals surface area contributed by atoms with E-state index in [1.165, 1.54) is 4.90 Å². The lowest BCUT2D eigenvalue weighted by Gasteiger charge is -2.23. The quantitative estimate of drug-likeness (QED) is 0.497. The van der Waals surface area contributed by atoms with Crippen LogP contribution < -0.4 is 0 Å². The first-order chi connectivity index (χ1) is 12.6. The van der Waals surface area contributed by atoms with E-state index >= 15 is 0 Å². The van der Waals surface area contributed by atoms with E-state index in [0.717, 1.165) is 24.8 Å². The fraction of sp³-hybridized carbons (Fsp3) is 0.550. The van der Waals surface area contributed by atoms with Gasteiger partial charge >= 0.3 is 12.1 Å². The highest BCUT2D eigenvalue weighted by molar-refractivity contribution is 5.90. The smallest absolute Gasteiger partial charge is 0.410 e. The topological polar surface area (TPSA) is 72.9 Å². The van der Waals surface area contributed by atoms with Crippen molar-refractivity contribution in [3.05, 3.63) is 35.9 Å². The number of amides is 1. The normalized spacial score (nSPS) is 16.3. The molecule has 0 aromatic heterocycles. The Balaban J connectivity index is 1.77. The molecule has 1 fully saturated rings. The van der Waals surface area contributed by atoms with Gasteiger partial charge in [-0.3, -0.25) is 14.5 Å². The predicted molar refractivity (Wildman–Crippen MR) is 96.5 cm³/mol. The summed E-state index contributed by atoms with van der Waals surface area (Å²) < 4.78 is 10.4. The van der Waals surface area contributed by atoms with Crippen molar-refractivity contribution >= 4 is 17.8 Å². The second-order valence-corrected chi connectivity index (χ2v) is 6.43. The molecule has 0 aliphatic carbocycles. The molecule has 6 nitrogen and oxygen atoms in total. The number of ether oxygens (including phenoxy) is 2. The number of carbonyl (C=O) groups excluding carboxylic acids is 3. The number of unbranched alkanes of at least 4 members (excludes halogenated alkanes) is 1. The second-order valence-electron chi connectivity index (χ2n) is 6.43. The van der Waals surface area contributed by atoms with Gasteiger partial charge in [-0.1, -0.05) is 43.7 Å². The Bertz CT molecular complexity index is 601. The number of likely N-dealkylation sites (tertiary alicyclic amines) is 1. The third kappa shape index (κ3) is 6.17. The maximum absolute atomic E-state index is 12.4. The lowest BCUT2D eigenvalue weighted by atomic mass is 10.1. The molecule has 1 amide bonds. The number of ketones is 1. The summed E-state index contributed by atoms with van der Waals surface area (Å²) in [5.41, 5.74) is 0.901.